The number of nitrogens with two attached hydrogens (primary N) is 1. The van der Waals surface area contributed by atoms with Crippen molar-refractivity contribution in [1.82, 2.24) is 19.7 Å². The van der Waals surface area contributed by atoms with E-state index in [0.717, 1.165) is 11.6 Å². The SMILES string of the molecule is Cn1cnc(CNc2cccc(N)n2)n1. The standard InChI is InChI=1S/C9H12N6/c1-15-6-12-9(14-15)5-11-8-4-2-3-7(10)13-8/h2-4,6H,5H2,1H3,(H3,10,11,13). The molecule has 0 atom stereocenters. The second-order valence-corrected chi connectivity index (χ2v) is 3.14. The normalized spacial score (nSPS) is 10.2. The van der Waals surface area contributed by atoms with Crippen molar-refractivity contribution in [2.45, 2.75) is 6.54 Å². The van der Waals surface area contributed by atoms with Crippen LogP contribution in [0.25, 0.3) is 0 Å². The number of anilines is 2. The molecule has 0 aliphatic carbocycles. The molecule has 6 heteroatoms. The minimum absolute atomic E-state index is 0.494. The average molecular weight is 204 g/mol. The third kappa shape index (κ3) is 2.43. The number of pyridine rings is 1. The fourth-order valence-electron chi connectivity index (χ4n) is 1.18. The Morgan fingerprint density at radius 3 is 3.00 bits per heavy atom. The first-order valence-electron chi connectivity index (χ1n) is 4.55. The van der Waals surface area contributed by atoms with Crippen molar-refractivity contribution in [1.29, 1.82) is 0 Å². The van der Waals surface area contributed by atoms with Crippen LogP contribution < -0.4 is 11.1 Å². The van der Waals surface area contributed by atoms with Gasteiger partial charge in [0.05, 0.1) is 6.54 Å². The highest BCUT2D eigenvalue weighted by atomic mass is 15.3. The molecule has 0 fully saturated rings. The number of hydrogen-bond acceptors (Lipinski definition) is 5. The van der Waals surface area contributed by atoms with Crippen LogP contribution in [0.15, 0.2) is 24.5 Å². The van der Waals surface area contributed by atoms with E-state index in [1.165, 1.54) is 0 Å². The van der Waals surface area contributed by atoms with Gasteiger partial charge in [0.25, 0.3) is 0 Å². The predicted molar refractivity (Wildman–Crippen MR) is 57.0 cm³/mol. The van der Waals surface area contributed by atoms with Crippen LogP contribution in [-0.4, -0.2) is 19.7 Å². The van der Waals surface area contributed by atoms with Gasteiger partial charge >= 0.3 is 0 Å². The topological polar surface area (TPSA) is 81.7 Å². The van der Waals surface area contributed by atoms with E-state index in [1.54, 1.807) is 17.1 Å². The first-order chi connectivity index (χ1) is 7.24. The Morgan fingerprint density at radius 2 is 2.33 bits per heavy atom. The van der Waals surface area contributed by atoms with Crippen LogP contribution in [0.1, 0.15) is 5.82 Å². The quantitative estimate of drug-likeness (QED) is 0.756. The van der Waals surface area contributed by atoms with Crippen molar-refractivity contribution in [3.05, 3.63) is 30.4 Å². The van der Waals surface area contributed by atoms with E-state index < -0.39 is 0 Å². The van der Waals surface area contributed by atoms with Crippen LogP contribution in [0.2, 0.25) is 0 Å². The molecule has 0 aliphatic rings. The number of nitrogens with one attached hydrogen (secondary N) is 1. The summed E-state index contributed by atoms with van der Waals surface area (Å²) in [5.74, 6) is 1.94. The van der Waals surface area contributed by atoms with E-state index in [9.17, 15) is 0 Å². The lowest BCUT2D eigenvalue weighted by Crippen LogP contribution is -2.04. The molecular formula is C9H12N6. The van der Waals surface area contributed by atoms with Crippen molar-refractivity contribution in [2.75, 3.05) is 11.1 Å². The highest BCUT2D eigenvalue weighted by Gasteiger charge is 1.99. The van der Waals surface area contributed by atoms with Gasteiger partial charge in [-0.1, -0.05) is 6.07 Å². The summed E-state index contributed by atoms with van der Waals surface area (Å²) in [6.45, 7) is 0.539. The van der Waals surface area contributed by atoms with Crippen molar-refractivity contribution in [2.24, 2.45) is 7.05 Å². The molecule has 0 aliphatic heterocycles. The smallest absolute Gasteiger partial charge is 0.169 e. The van der Waals surface area contributed by atoms with Crippen LogP contribution in [0.3, 0.4) is 0 Å². The van der Waals surface area contributed by atoms with Gasteiger partial charge in [-0.05, 0) is 12.1 Å². The maximum atomic E-state index is 5.55. The Bertz CT molecular complexity index is 449. The largest absolute Gasteiger partial charge is 0.384 e. The summed E-state index contributed by atoms with van der Waals surface area (Å²) in [6.07, 6.45) is 1.66. The summed E-state index contributed by atoms with van der Waals surface area (Å²) in [7, 11) is 1.83. The minimum Gasteiger partial charge on any atom is -0.384 e. The lowest BCUT2D eigenvalue weighted by Gasteiger charge is -2.02. The molecule has 15 heavy (non-hydrogen) atoms. The second kappa shape index (κ2) is 3.95. The zero-order valence-corrected chi connectivity index (χ0v) is 8.38. The molecule has 0 spiro atoms. The molecule has 0 saturated heterocycles. The highest BCUT2D eigenvalue weighted by molar-refractivity contribution is 5.42. The van der Waals surface area contributed by atoms with Crippen molar-refractivity contribution < 1.29 is 0 Å². The molecule has 3 N–H and O–H groups in total. The third-order valence-corrected chi connectivity index (χ3v) is 1.85. The molecule has 0 saturated carbocycles. The number of nitrogens with zero attached hydrogens (tertiary/aromatic N) is 4. The van der Waals surface area contributed by atoms with Gasteiger partial charge in [-0.15, -0.1) is 0 Å². The van der Waals surface area contributed by atoms with Crippen LogP contribution in [0, 0.1) is 0 Å². The van der Waals surface area contributed by atoms with Gasteiger partial charge in [0.15, 0.2) is 5.82 Å². The number of nitrogen functional groups attached to an aromatic ring is 1. The molecule has 2 aromatic heterocycles. The van der Waals surface area contributed by atoms with Gasteiger partial charge in [-0.2, -0.15) is 5.10 Å². The lowest BCUT2D eigenvalue weighted by molar-refractivity contribution is 0.747. The summed E-state index contributed by atoms with van der Waals surface area (Å²) in [4.78, 5) is 8.18. The lowest BCUT2D eigenvalue weighted by atomic mass is 10.4. The molecule has 0 unspecified atom stereocenters. The first-order valence-corrected chi connectivity index (χ1v) is 4.55. The average Bonchev–Trinajstić information content (AvgIpc) is 2.62. The van der Waals surface area contributed by atoms with Gasteiger partial charge in [0.2, 0.25) is 0 Å². The molecule has 78 valence electrons. The summed E-state index contributed by atoms with van der Waals surface area (Å²) in [5.41, 5.74) is 5.55. The van der Waals surface area contributed by atoms with E-state index in [2.05, 4.69) is 20.4 Å². The summed E-state index contributed by atoms with van der Waals surface area (Å²) < 4.78 is 1.66. The van der Waals surface area contributed by atoms with E-state index in [0.29, 0.717) is 12.4 Å². The fourth-order valence-corrected chi connectivity index (χ4v) is 1.18. The van der Waals surface area contributed by atoms with Crippen LogP contribution >= 0.6 is 0 Å². The maximum absolute atomic E-state index is 5.55. The zero-order valence-electron chi connectivity index (χ0n) is 8.38. The monoisotopic (exact) mass is 204 g/mol. The summed E-state index contributed by atoms with van der Waals surface area (Å²) in [5, 5.41) is 7.22. The highest BCUT2D eigenvalue weighted by Crippen LogP contribution is 2.06. The van der Waals surface area contributed by atoms with Crippen molar-refractivity contribution in [3.63, 3.8) is 0 Å². The molecular weight excluding hydrogens is 192 g/mol. The van der Waals surface area contributed by atoms with E-state index in [4.69, 9.17) is 5.73 Å². The molecule has 2 aromatic rings. The van der Waals surface area contributed by atoms with Gasteiger partial charge in [-0.3, -0.25) is 4.68 Å². The number of aryl methyl sites for hydroxylation is 1. The number of hydrogen-bond donors (Lipinski definition) is 2. The Balaban J connectivity index is 1.99. The molecule has 0 radical (unpaired) electrons. The van der Waals surface area contributed by atoms with Gasteiger partial charge in [0, 0.05) is 7.05 Å². The molecule has 2 rings (SSSR count). The Morgan fingerprint density at radius 1 is 1.47 bits per heavy atom. The van der Waals surface area contributed by atoms with Gasteiger partial charge in [0.1, 0.15) is 18.0 Å². The molecule has 6 nitrogen and oxygen atoms in total. The van der Waals surface area contributed by atoms with Crippen LogP contribution in [0.4, 0.5) is 11.6 Å². The summed E-state index contributed by atoms with van der Waals surface area (Å²) >= 11 is 0. The number of rotatable bonds is 3. The minimum atomic E-state index is 0.494. The van der Waals surface area contributed by atoms with Crippen molar-refractivity contribution >= 4 is 11.6 Å². The molecule has 2 heterocycles. The Kier molecular flexibility index (Phi) is 2.49. The molecule has 0 bridgehead atoms. The van der Waals surface area contributed by atoms with E-state index >= 15 is 0 Å². The molecule has 0 amide bonds. The second-order valence-electron chi connectivity index (χ2n) is 3.14. The van der Waals surface area contributed by atoms with Crippen molar-refractivity contribution in [3.8, 4) is 0 Å². The van der Waals surface area contributed by atoms with Crippen LogP contribution in [0.5, 0.6) is 0 Å². The fraction of sp³-hybridized carbons (Fsp3) is 0.222. The first kappa shape index (κ1) is 9.45. The van der Waals surface area contributed by atoms with E-state index in [-0.39, 0.29) is 0 Å². The van der Waals surface area contributed by atoms with Gasteiger partial charge < -0.3 is 11.1 Å². The Hall–Kier alpha value is -2.11. The zero-order chi connectivity index (χ0) is 10.7. The number of aromatic nitrogens is 4. The Labute approximate surface area is 87.2 Å². The molecule has 0 aromatic carbocycles. The van der Waals surface area contributed by atoms with Crippen LogP contribution in [-0.2, 0) is 13.6 Å². The predicted octanol–water partition coefficient (Wildman–Crippen LogP) is 0.404. The third-order valence-electron chi connectivity index (χ3n) is 1.85. The summed E-state index contributed by atoms with van der Waals surface area (Å²) in [6, 6.07) is 5.43. The van der Waals surface area contributed by atoms with Gasteiger partial charge in [-0.25, -0.2) is 9.97 Å². The van der Waals surface area contributed by atoms with E-state index in [1.807, 2.05) is 19.2 Å². The maximum Gasteiger partial charge on any atom is 0.169 e.